The molecule has 1 aliphatic rings. The van der Waals surface area contributed by atoms with E-state index in [2.05, 4.69) is 0 Å². The van der Waals surface area contributed by atoms with Crippen molar-refractivity contribution in [3.05, 3.63) is 29.8 Å². The maximum atomic E-state index is 13.1. The molecule has 4 heteroatoms. The highest BCUT2D eigenvalue weighted by molar-refractivity contribution is 5.82. The highest BCUT2D eigenvalue weighted by Crippen LogP contribution is 2.26. The summed E-state index contributed by atoms with van der Waals surface area (Å²) in [5, 5.41) is 0. The SMILES string of the molecule is CCCC(=O)C1CCN(c2ccc(F)c(F)c2)C1. The van der Waals surface area contributed by atoms with Crippen LogP contribution in [0.2, 0.25) is 0 Å². The molecule has 0 radical (unpaired) electrons. The van der Waals surface area contributed by atoms with Crippen molar-refractivity contribution in [3.8, 4) is 0 Å². The Kier molecular flexibility index (Phi) is 3.94. The summed E-state index contributed by atoms with van der Waals surface area (Å²) in [5.41, 5.74) is 0.653. The lowest BCUT2D eigenvalue weighted by atomic mass is 10.00. The monoisotopic (exact) mass is 253 g/mol. The van der Waals surface area contributed by atoms with Crippen molar-refractivity contribution in [2.75, 3.05) is 18.0 Å². The van der Waals surface area contributed by atoms with Crippen LogP contribution in [-0.2, 0) is 4.79 Å². The molecule has 1 saturated heterocycles. The van der Waals surface area contributed by atoms with Crippen LogP contribution in [0.5, 0.6) is 0 Å². The van der Waals surface area contributed by atoms with E-state index >= 15 is 0 Å². The van der Waals surface area contributed by atoms with Gasteiger partial charge in [-0.25, -0.2) is 8.78 Å². The number of carbonyl (C=O) groups excluding carboxylic acids is 1. The highest BCUT2D eigenvalue weighted by atomic mass is 19.2. The summed E-state index contributed by atoms with van der Waals surface area (Å²) in [6, 6.07) is 3.89. The van der Waals surface area contributed by atoms with Gasteiger partial charge in [0.15, 0.2) is 11.6 Å². The Morgan fingerprint density at radius 2 is 2.17 bits per heavy atom. The predicted molar refractivity (Wildman–Crippen MR) is 66.6 cm³/mol. The van der Waals surface area contributed by atoms with Gasteiger partial charge in [-0.15, -0.1) is 0 Å². The largest absolute Gasteiger partial charge is 0.371 e. The molecule has 1 fully saturated rings. The molecule has 0 spiro atoms. The van der Waals surface area contributed by atoms with Gasteiger partial charge in [0.25, 0.3) is 0 Å². The number of carbonyl (C=O) groups is 1. The van der Waals surface area contributed by atoms with E-state index in [4.69, 9.17) is 0 Å². The summed E-state index contributed by atoms with van der Waals surface area (Å²) in [6.07, 6.45) is 2.27. The summed E-state index contributed by atoms with van der Waals surface area (Å²) < 4.78 is 26.0. The predicted octanol–water partition coefficient (Wildman–Crippen LogP) is 3.16. The maximum absolute atomic E-state index is 13.1. The van der Waals surface area contributed by atoms with E-state index in [0.29, 0.717) is 18.7 Å². The van der Waals surface area contributed by atoms with Crippen LogP contribution in [0, 0.1) is 17.6 Å². The molecule has 0 aliphatic carbocycles. The van der Waals surface area contributed by atoms with Crippen LogP contribution < -0.4 is 4.90 Å². The van der Waals surface area contributed by atoms with Crippen LogP contribution in [0.3, 0.4) is 0 Å². The van der Waals surface area contributed by atoms with Crippen molar-refractivity contribution < 1.29 is 13.6 Å². The summed E-state index contributed by atoms with van der Waals surface area (Å²) in [4.78, 5) is 13.7. The normalized spacial score (nSPS) is 19.3. The first-order chi connectivity index (χ1) is 8.61. The van der Waals surface area contributed by atoms with Gasteiger partial charge in [0.2, 0.25) is 0 Å². The average Bonchev–Trinajstić information content (AvgIpc) is 2.82. The second-order valence-corrected chi connectivity index (χ2v) is 4.75. The number of anilines is 1. The molecular formula is C14H17F2NO. The molecular weight excluding hydrogens is 236 g/mol. The zero-order valence-electron chi connectivity index (χ0n) is 10.5. The van der Waals surface area contributed by atoms with Gasteiger partial charge in [-0.05, 0) is 25.0 Å². The van der Waals surface area contributed by atoms with Gasteiger partial charge in [0.05, 0.1) is 0 Å². The minimum Gasteiger partial charge on any atom is -0.371 e. The fraction of sp³-hybridized carbons (Fsp3) is 0.500. The van der Waals surface area contributed by atoms with Crippen LogP contribution >= 0.6 is 0 Å². The molecule has 0 saturated carbocycles. The van der Waals surface area contributed by atoms with Crippen molar-refractivity contribution in [1.29, 1.82) is 0 Å². The summed E-state index contributed by atoms with van der Waals surface area (Å²) in [7, 11) is 0. The third-order valence-corrected chi connectivity index (χ3v) is 3.41. The summed E-state index contributed by atoms with van der Waals surface area (Å²) in [6.45, 7) is 3.33. The first kappa shape index (κ1) is 13.0. The van der Waals surface area contributed by atoms with E-state index in [9.17, 15) is 13.6 Å². The Bertz CT molecular complexity index is 447. The second-order valence-electron chi connectivity index (χ2n) is 4.75. The molecule has 1 aromatic carbocycles. The average molecular weight is 253 g/mol. The van der Waals surface area contributed by atoms with Gasteiger partial charge in [-0.2, -0.15) is 0 Å². The van der Waals surface area contributed by atoms with Crippen LogP contribution in [0.4, 0.5) is 14.5 Å². The van der Waals surface area contributed by atoms with Gasteiger partial charge in [-0.1, -0.05) is 6.92 Å². The first-order valence-corrected chi connectivity index (χ1v) is 6.34. The van der Waals surface area contributed by atoms with Crippen molar-refractivity contribution in [2.24, 2.45) is 5.92 Å². The van der Waals surface area contributed by atoms with Gasteiger partial charge in [-0.3, -0.25) is 4.79 Å². The van der Waals surface area contributed by atoms with Gasteiger partial charge in [0.1, 0.15) is 5.78 Å². The molecule has 2 nitrogen and oxygen atoms in total. The Morgan fingerprint density at radius 1 is 1.39 bits per heavy atom. The maximum Gasteiger partial charge on any atom is 0.160 e. The molecule has 0 aromatic heterocycles. The van der Waals surface area contributed by atoms with Crippen molar-refractivity contribution in [2.45, 2.75) is 26.2 Å². The van der Waals surface area contributed by atoms with E-state index in [1.807, 2.05) is 11.8 Å². The van der Waals surface area contributed by atoms with Crippen LogP contribution in [-0.4, -0.2) is 18.9 Å². The Morgan fingerprint density at radius 3 is 2.83 bits per heavy atom. The Labute approximate surface area is 106 Å². The van der Waals surface area contributed by atoms with Crippen molar-refractivity contribution in [3.63, 3.8) is 0 Å². The minimum atomic E-state index is -0.837. The minimum absolute atomic E-state index is 0.0399. The smallest absolute Gasteiger partial charge is 0.160 e. The molecule has 0 amide bonds. The molecule has 1 heterocycles. The summed E-state index contributed by atoms with van der Waals surface area (Å²) in [5.74, 6) is -1.35. The van der Waals surface area contributed by atoms with Gasteiger partial charge in [0, 0.05) is 37.2 Å². The fourth-order valence-electron chi connectivity index (χ4n) is 2.39. The van der Waals surface area contributed by atoms with Crippen LogP contribution in [0.25, 0.3) is 0 Å². The number of hydrogen-bond acceptors (Lipinski definition) is 2. The number of rotatable bonds is 4. The Balaban J connectivity index is 2.04. The molecule has 1 unspecified atom stereocenters. The van der Waals surface area contributed by atoms with E-state index in [1.165, 1.54) is 6.07 Å². The molecule has 0 bridgehead atoms. The molecule has 1 aliphatic heterocycles. The molecule has 1 atom stereocenters. The number of hydrogen-bond donors (Lipinski definition) is 0. The Hall–Kier alpha value is -1.45. The topological polar surface area (TPSA) is 20.3 Å². The van der Waals surface area contributed by atoms with E-state index < -0.39 is 11.6 Å². The molecule has 0 N–H and O–H groups in total. The third kappa shape index (κ3) is 2.68. The molecule has 1 aromatic rings. The first-order valence-electron chi connectivity index (χ1n) is 6.34. The second kappa shape index (κ2) is 5.46. The van der Waals surface area contributed by atoms with Crippen LogP contribution in [0.1, 0.15) is 26.2 Å². The van der Waals surface area contributed by atoms with Gasteiger partial charge >= 0.3 is 0 Å². The lowest BCUT2D eigenvalue weighted by Gasteiger charge is -2.18. The van der Waals surface area contributed by atoms with E-state index in [-0.39, 0.29) is 11.7 Å². The van der Waals surface area contributed by atoms with Crippen LogP contribution in [0.15, 0.2) is 18.2 Å². The standard InChI is InChI=1S/C14H17F2NO/c1-2-3-14(18)10-6-7-17(9-10)11-4-5-12(15)13(16)8-11/h4-5,8,10H,2-3,6-7,9H2,1H3. The lowest BCUT2D eigenvalue weighted by molar-refractivity contribution is -0.122. The zero-order chi connectivity index (χ0) is 13.1. The lowest BCUT2D eigenvalue weighted by Crippen LogP contribution is -2.22. The van der Waals surface area contributed by atoms with E-state index in [0.717, 1.165) is 25.5 Å². The van der Waals surface area contributed by atoms with Gasteiger partial charge < -0.3 is 4.90 Å². The molecule has 18 heavy (non-hydrogen) atoms. The van der Waals surface area contributed by atoms with Crippen molar-refractivity contribution >= 4 is 11.5 Å². The quantitative estimate of drug-likeness (QED) is 0.821. The fourth-order valence-corrected chi connectivity index (χ4v) is 2.39. The number of Topliss-reactive ketones (excluding diaryl/α,β-unsaturated/α-hetero) is 1. The molecule has 98 valence electrons. The number of ketones is 1. The number of halogens is 2. The number of nitrogens with zero attached hydrogens (tertiary/aromatic N) is 1. The highest BCUT2D eigenvalue weighted by Gasteiger charge is 2.27. The summed E-state index contributed by atoms with van der Waals surface area (Å²) >= 11 is 0. The third-order valence-electron chi connectivity index (χ3n) is 3.41. The zero-order valence-corrected chi connectivity index (χ0v) is 10.5. The number of benzene rings is 1. The molecule has 2 rings (SSSR count). The van der Waals surface area contributed by atoms with Crippen molar-refractivity contribution in [1.82, 2.24) is 0 Å². The van der Waals surface area contributed by atoms with E-state index in [1.54, 1.807) is 6.07 Å².